The Morgan fingerprint density at radius 2 is 2.00 bits per heavy atom. The van der Waals surface area contributed by atoms with Crippen LogP contribution in [0.4, 0.5) is 0 Å². The van der Waals surface area contributed by atoms with Crippen LogP contribution in [-0.4, -0.2) is 56.0 Å². The number of aromatic nitrogens is 1. The lowest BCUT2D eigenvalue weighted by molar-refractivity contribution is -0.127. The summed E-state index contributed by atoms with van der Waals surface area (Å²) in [5.41, 5.74) is 1.20. The Balaban J connectivity index is 1.91. The van der Waals surface area contributed by atoms with E-state index in [1.165, 1.54) is 15.3 Å². The number of likely N-dealkylation sites (N-methyl/N-ethyl adjacent to an activating group) is 1. The van der Waals surface area contributed by atoms with Crippen molar-refractivity contribution in [2.45, 2.75) is 19.9 Å². The molecule has 0 aliphatic rings. The molecule has 2 aromatic rings. The summed E-state index contributed by atoms with van der Waals surface area (Å²) in [5.74, 6) is 1.40. The zero-order valence-electron chi connectivity index (χ0n) is 16.3. The van der Waals surface area contributed by atoms with Crippen LogP contribution in [0.3, 0.4) is 0 Å². The highest BCUT2D eigenvalue weighted by Gasteiger charge is 2.06. The molecule has 0 atom stereocenters. The summed E-state index contributed by atoms with van der Waals surface area (Å²) in [6.07, 6.45) is 2.69. The van der Waals surface area contributed by atoms with Gasteiger partial charge in [-0.05, 0) is 31.0 Å². The Kier molecular flexibility index (Phi) is 8.06. The number of nitrogens with one attached hydrogen (secondary N) is 2. The third-order valence-electron chi connectivity index (χ3n) is 3.81. The first-order chi connectivity index (χ1) is 13.0. The Morgan fingerprint density at radius 1 is 1.26 bits per heavy atom. The van der Waals surface area contributed by atoms with Crippen molar-refractivity contribution < 1.29 is 9.53 Å². The molecule has 0 unspecified atom stereocenters. The van der Waals surface area contributed by atoms with E-state index in [-0.39, 0.29) is 12.5 Å². The molecule has 1 aromatic carbocycles. The number of nitrogens with zero attached hydrogens (tertiary/aromatic N) is 3. The molecule has 7 nitrogen and oxygen atoms in total. The van der Waals surface area contributed by atoms with Crippen LogP contribution >= 0.6 is 11.3 Å². The third kappa shape index (κ3) is 7.26. The van der Waals surface area contributed by atoms with Gasteiger partial charge in [0.25, 0.3) is 0 Å². The minimum atomic E-state index is -0.0450. The van der Waals surface area contributed by atoms with Crippen molar-refractivity contribution in [3.8, 4) is 5.75 Å². The fourth-order valence-electron chi connectivity index (χ4n) is 2.22. The van der Waals surface area contributed by atoms with E-state index in [4.69, 9.17) is 4.74 Å². The summed E-state index contributed by atoms with van der Waals surface area (Å²) in [5, 5.41) is 7.51. The maximum atomic E-state index is 11.8. The van der Waals surface area contributed by atoms with Crippen LogP contribution in [0.5, 0.6) is 5.75 Å². The van der Waals surface area contributed by atoms with Crippen molar-refractivity contribution in [3.05, 3.63) is 45.9 Å². The number of hydrogen-bond acceptors (Lipinski definition) is 5. The lowest BCUT2D eigenvalue weighted by Crippen LogP contribution is -2.39. The highest BCUT2D eigenvalue weighted by Crippen LogP contribution is 2.11. The maximum absolute atomic E-state index is 11.8. The van der Waals surface area contributed by atoms with Gasteiger partial charge >= 0.3 is 0 Å². The number of benzene rings is 1. The number of carbonyl (C=O) groups is 1. The molecule has 27 heavy (non-hydrogen) atoms. The van der Waals surface area contributed by atoms with Gasteiger partial charge in [0.1, 0.15) is 17.3 Å². The fraction of sp³-hybridized carbons (Fsp3) is 0.421. The third-order valence-corrected chi connectivity index (χ3v) is 4.73. The van der Waals surface area contributed by atoms with Gasteiger partial charge in [-0.2, -0.15) is 0 Å². The number of amides is 1. The highest BCUT2D eigenvalue weighted by atomic mass is 32.1. The molecular formula is C19H27N5O2S. The molecule has 0 aliphatic carbocycles. The van der Waals surface area contributed by atoms with Crippen LogP contribution in [-0.2, 0) is 17.8 Å². The van der Waals surface area contributed by atoms with Gasteiger partial charge in [0.2, 0.25) is 5.91 Å². The molecule has 2 N–H and O–H groups in total. The number of guanidine groups is 1. The normalized spacial score (nSPS) is 11.2. The molecule has 0 spiro atoms. The SMILES string of the molecule is COc1ccc(CCNC(=NCC(=O)N(C)C)NCc2ncc(C)s2)cc1. The molecule has 0 saturated carbocycles. The van der Waals surface area contributed by atoms with E-state index >= 15 is 0 Å². The van der Waals surface area contributed by atoms with Crippen LogP contribution in [0.15, 0.2) is 35.5 Å². The number of methoxy groups -OCH3 is 1. The summed E-state index contributed by atoms with van der Waals surface area (Å²) in [6, 6.07) is 7.98. The Bertz CT molecular complexity index is 756. The highest BCUT2D eigenvalue weighted by molar-refractivity contribution is 7.11. The molecule has 0 aliphatic heterocycles. The number of aryl methyl sites for hydroxylation is 1. The predicted octanol–water partition coefficient (Wildman–Crippen LogP) is 1.83. The summed E-state index contributed by atoms with van der Waals surface area (Å²) in [6.45, 7) is 3.40. The van der Waals surface area contributed by atoms with Crippen molar-refractivity contribution in [2.24, 2.45) is 4.99 Å². The lowest BCUT2D eigenvalue weighted by Gasteiger charge is -2.13. The van der Waals surface area contributed by atoms with E-state index < -0.39 is 0 Å². The largest absolute Gasteiger partial charge is 0.497 e. The minimum absolute atomic E-state index is 0.0450. The van der Waals surface area contributed by atoms with Crippen LogP contribution in [0.2, 0.25) is 0 Å². The van der Waals surface area contributed by atoms with E-state index in [0.717, 1.165) is 17.2 Å². The van der Waals surface area contributed by atoms with Gasteiger partial charge in [-0.25, -0.2) is 9.98 Å². The standard InChI is InChI=1S/C19H27N5O2S/c1-14-11-21-17(27-14)12-22-19(23-13-18(25)24(2)3)20-10-9-15-5-7-16(26-4)8-6-15/h5-8,11H,9-10,12-13H2,1-4H3,(H2,20,22,23). The smallest absolute Gasteiger partial charge is 0.243 e. The molecule has 146 valence electrons. The lowest BCUT2D eigenvalue weighted by atomic mass is 10.1. The van der Waals surface area contributed by atoms with Gasteiger partial charge in [0.05, 0.1) is 13.7 Å². The van der Waals surface area contributed by atoms with Crippen molar-refractivity contribution in [1.82, 2.24) is 20.5 Å². The van der Waals surface area contributed by atoms with Gasteiger partial charge in [-0.15, -0.1) is 11.3 Å². The second-order valence-electron chi connectivity index (χ2n) is 6.20. The minimum Gasteiger partial charge on any atom is -0.497 e. The monoisotopic (exact) mass is 389 g/mol. The first-order valence-corrected chi connectivity index (χ1v) is 9.56. The summed E-state index contributed by atoms with van der Waals surface area (Å²) in [7, 11) is 5.10. The van der Waals surface area contributed by atoms with Gasteiger partial charge in [-0.1, -0.05) is 12.1 Å². The van der Waals surface area contributed by atoms with E-state index in [2.05, 4.69) is 20.6 Å². The maximum Gasteiger partial charge on any atom is 0.243 e. The number of rotatable bonds is 8. The van der Waals surface area contributed by atoms with Crippen molar-refractivity contribution in [2.75, 3.05) is 34.3 Å². The molecule has 0 fully saturated rings. The molecule has 8 heteroatoms. The quantitative estimate of drug-likeness (QED) is 0.532. The van der Waals surface area contributed by atoms with E-state index in [0.29, 0.717) is 19.0 Å². The Morgan fingerprint density at radius 3 is 2.59 bits per heavy atom. The summed E-state index contributed by atoms with van der Waals surface area (Å²) >= 11 is 1.64. The molecule has 2 rings (SSSR count). The average Bonchev–Trinajstić information content (AvgIpc) is 3.08. The van der Waals surface area contributed by atoms with Crippen LogP contribution < -0.4 is 15.4 Å². The van der Waals surface area contributed by atoms with Crippen LogP contribution in [0.25, 0.3) is 0 Å². The number of aliphatic imine (C=N–C) groups is 1. The van der Waals surface area contributed by atoms with E-state index in [1.54, 1.807) is 32.5 Å². The predicted molar refractivity (Wildman–Crippen MR) is 109 cm³/mol. The number of hydrogen-bond donors (Lipinski definition) is 2. The van der Waals surface area contributed by atoms with Gasteiger partial charge in [0.15, 0.2) is 5.96 Å². The molecule has 1 heterocycles. The Labute approximate surface area is 164 Å². The molecular weight excluding hydrogens is 362 g/mol. The fourth-order valence-corrected chi connectivity index (χ4v) is 2.95. The zero-order valence-corrected chi connectivity index (χ0v) is 17.1. The van der Waals surface area contributed by atoms with Gasteiger partial charge < -0.3 is 20.3 Å². The van der Waals surface area contributed by atoms with Gasteiger partial charge in [-0.3, -0.25) is 4.79 Å². The van der Waals surface area contributed by atoms with Crippen LogP contribution in [0, 0.1) is 6.92 Å². The zero-order chi connectivity index (χ0) is 19.6. The first-order valence-electron chi connectivity index (χ1n) is 8.74. The molecule has 0 bridgehead atoms. The summed E-state index contributed by atoms with van der Waals surface area (Å²) in [4.78, 5) is 23.2. The van der Waals surface area contributed by atoms with Crippen molar-refractivity contribution in [1.29, 1.82) is 0 Å². The summed E-state index contributed by atoms with van der Waals surface area (Å²) < 4.78 is 5.18. The average molecular weight is 390 g/mol. The van der Waals surface area contributed by atoms with Crippen molar-refractivity contribution >= 4 is 23.2 Å². The first kappa shape index (κ1) is 20.7. The van der Waals surface area contributed by atoms with Crippen molar-refractivity contribution in [3.63, 3.8) is 0 Å². The second-order valence-corrected chi connectivity index (χ2v) is 7.52. The molecule has 0 saturated heterocycles. The van der Waals surface area contributed by atoms with Crippen LogP contribution in [0.1, 0.15) is 15.4 Å². The molecule has 1 aromatic heterocycles. The topological polar surface area (TPSA) is 78.8 Å². The van der Waals surface area contributed by atoms with E-state index in [1.807, 2.05) is 37.4 Å². The second kappa shape index (κ2) is 10.5. The Hall–Kier alpha value is -2.61. The number of thiazole rings is 1. The molecule has 0 radical (unpaired) electrons. The van der Waals surface area contributed by atoms with E-state index in [9.17, 15) is 4.79 Å². The number of ether oxygens (including phenoxy) is 1. The van der Waals surface area contributed by atoms with Gasteiger partial charge in [0, 0.05) is 31.7 Å². The molecule has 1 amide bonds. The number of carbonyl (C=O) groups excluding carboxylic acids is 1.